The Morgan fingerprint density at radius 1 is 1.29 bits per heavy atom. The fraction of sp³-hybridized carbons (Fsp3) is 0.188. The summed E-state index contributed by atoms with van der Waals surface area (Å²) in [6.07, 6.45) is -0.151. The molecule has 3 rings (SSSR count). The number of carbonyl (C=O) groups excluding carboxylic acids is 1. The van der Waals surface area contributed by atoms with Crippen LogP contribution in [0, 0.1) is 5.82 Å². The van der Waals surface area contributed by atoms with Crippen LogP contribution in [0.25, 0.3) is 0 Å². The number of carbonyl (C=O) groups is 1. The maximum absolute atomic E-state index is 13.5. The Morgan fingerprint density at radius 2 is 2.05 bits per heavy atom. The van der Waals surface area contributed by atoms with Crippen molar-refractivity contribution < 1.29 is 14.3 Å². The normalized spacial score (nSPS) is 20.1. The van der Waals surface area contributed by atoms with Crippen LogP contribution in [0.15, 0.2) is 46.9 Å². The van der Waals surface area contributed by atoms with Crippen molar-refractivity contribution in [3.8, 4) is 0 Å². The summed E-state index contributed by atoms with van der Waals surface area (Å²) in [6, 6.07) is 11.3. The second kappa shape index (κ2) is 5.58. The van der Waals surface area contributed by atoms with E-state index in [4.69, 9.17) is 0 Å². The van der Waals surface area contributed by atoms with Gasteiger partial charge < -0.3 is 10.4 Å². The Labute approximate surface area is 129 Å². The first-order chi connectivity index (χ1) is 10.1. The van der Waals surface area contributed by atoms with Gasteiger partial charge >= 0.3 is 0 Å². The predicted octanol–water partition coefficient (Wildman–Crippen LogP) is 2.98. The molecule has 2 N–H and O–H groups in total. The maximum Gasteiger partial charge on any atom is 0.251 e. The molecule has 108 valence electrons. The Hall–Kier alpha value is -1.72. The van der Waals surface area contributed by atoms with Crippen molar-refractivity contribution in [2.75, 3.05) is 0 Å². The number of aliphatic hydroxyl groups is 1. The fourth-order valence-corrected chi connectivity index (χ4v) is 2.86. The Bertz CT molecular complexity index is 704. The van der Waals surface area contributed by atoms with Gasteiger partial charge in [0.05, 0.1) is 16.6 Å². The van der Waals surface area contributed by atoms with Crippen LogP contribution in [-0.2, 0) is 6.42 Å². The van der Waals surface area contributed by atoms with Crippen molar-refractivity contribution in [3.05, 3.63) is 69.4 Å². The van der Waals surface area contributed by atoms with E-state index in [-0.39, 0.29) is 5.56 Å². The highest BCUT2D eigenvalue weighted by atomic mass is 79.9. The van der Waals surface area contributed by atoms with Crippen molar-refractivity contribution in [1.82, 2.24) is 5.32 Å². The molecule has 0 bridgehead atoms. The van der Waals surface area contributed by atoms with Gasteiger partial charge in [0.2, 0.25) is 0 Å². The van der Waals surface area contributed by atoms with Gasteiger partial charge in [-0.25, -0.2) is 4.39 Å². The van der Waals surface area contributed by atoms with Crippen molar-refractivity contribution in [3.63, 3.8) is 0 Å². The lowest BCUT2D eigenvalue weighted by Crippen LogP contribution is -2.33. The first kappa shape index (κ1) is 14.2. The lowest BCUT2D eigenvalue weighted by atomic mass is 10.1. The molecule has 2 atom stereocenters. The van der Waals surface area contributed by atoms with Gasteiger partial charge in [-0.15, -0.1) is 0 Å². The second-order valence-electron chi connectivity index (χ2n) is 5.05. The minimum atomic E-state index is -0.661. The third kappa shape index (κ3) is 2.71. The van der Waals surface area contributed by atoms with Gasteiger partial charge in [0.25, 0.3) is 5.91 Å². The minimum Gasteiger partial charge on any atom is -0.390 e. The summed E-state index contributed by atoms with van der Waals surface area (Å²) in [5.74, 6) is -0.892. The van der Waals surface area contributed by atoms with Crippen molar-refractivity contribution in [2.24, 2.45) is 0 Å². The van der Waals surface area contributed by atoms with Gasteiger partial charge in [0.1, 0.15) is 5.82 Å². The summed E-state index contributed by atoms with van der Waals surface area (Å²) in [5, 5.41) is 12.9. The largest absolute Gasteiger partial charge is 0.390 e. The molecule has 3 nitrogen and oxygen atoms in total. The highest BCUT2D eigenvalue weighted by Gasteiger charge is 2.32. The Morgan fingerprint density at radius 3 is 2.81 bits per heavy atom. The van der Waals surface area contributed by atoms with Crippen LogP contribution < -0.4 is 5.32 Å². The average Bonchev–Trinajstić information content (AvgIpc) is 2.78. The molecule has 0 fully saturated rings. The van der Waals surface area contributed by atoms with Crippen LogP contribution in [0.2, 0.25) is 0 Å². The SMILES string of the molecule is O=C(N[C@H]1c2ccccc2C[C@H]1O)c1ccc(Br)c(F)c1. The summed E-state index contributed by atoms with van der Waals surface area (Å²) in [5.41, 5.74) is 2.17. The van der Waals surface area contributed by atoms with Crippen LogP contribution in [0.3, 0.4) is 0 Å². The molecule has 0 aromatic heterocycles. The number of rotatable bonds is 2. The van der Waals surface area contributed by atoms with E-state index in [1.807, 2.05) is 24.3 Å². The Kier molecular flexibility index (Phi) is 3.78. The first-order valence-corrected chi connectivity index (χ1v) is 7.37. The fourth-order valence-electron chi connectivity index (χ4n) is 2.61. The standard InChI is InChI=1S/C16H13BrFNO2/c17-12-6-5-10(7-13(12)18)16(21)19-15-11-4-2-1-3-9(11)8-14(15)20/h1-7,14-15,20H,8H2,(H,19,21)/t14-,15+/m1/s1. The summed E-state index contributed by atoms with van der Waals surface area (Å²) < 4.78 is 13.8. The molecule has 0 saturated heterocycles. The third-order valence-corrected chi connectivity index (χ3v) is 4.32. The molecule has 2 aromatic rings. The van der Waals surface area contributed by atoms with Gasteiger partial charge in [0.15, 0.2) is 0 Å². The molecule has 0 spiro atoms. The van der Waals surface area contributed by atoms with Crippen molar-refractivity contribution in [1.29, 1.82) is 0 Å². The molecule has 21 heavy (non-hydrogen) atoms. The van der Waals surface area contributed by atoms with Gasteiger partial charge in [-0.3, -0.25) is 4.79 Å². The number of fused-ring (bicyclic) bond motifs is 1. The van der Waals surface area contributed by atoms with E-state index >= 15 is 0 Å². The molecule has 5 heteroatoms. The molecular formula is C16H13BrFNO2. The van der Waals surface area contributed by atoms with Gasteiger partial charge in [-0.2, -0.15) is 0 Å². The summed E-state index contributed by atoms with van der Waals surface area (Å²) >= 11 is 3.05. The third-order valence-electron chi connectivity index (χ3n) is 3.67. The van der Waals surface area contributed by atoms with Crippen molar-refractivity contribution >= 4 is 21.8 Å². The number of hydrogen-bond donors (Lipinski definition) is 2. The molecular weight excluding hydrogens is 337 g/mol. The number of aliphatic hydroxyl groups excluding tert-OH is 1. The van der Waals surface area contributed by atoms with Crippen LogP contribution in [0.4, 0.5) is 4.39 Å². The Balaban J connectivity index is 1.83. The van der Waals surface area contributed by atoms with Gasteiger partial charge in [-0.1, -0.05) is 24.3 Å². The van der Waals surface area contributed by atoms with E-state index in [9.17, 15) is 14.3 Å². The number of hydrogen-bond acceptors (Lipinski definition) is 2. The average molecular weight is 350 g/mol. The van der Waals surface area contributed by atoms with E-state index in [0.29, 0.717) is 10.9 Å². The molecule has 1 aliphatic carbocycles. The predicted molar refractivity (Wildman–Crippen MR) is 80.5 cm³/mol. The van der Waals surface area contributed by atoms with E-state index < -0.39 is 23.9 Å². The summed E-state index contributed by atoms with van der Waals surface area (Å²) in [4.78, 5) is 12.2. The van der Waals surface area contributed by atoms with E-state index in [2.05, 4.69) is 21.2 Å². The van der Waals surface area contributed by atoms with E-state index in [0.717, 1.165) is 11.1 Å². The topological polar surface area (TPSA) is 49.3 Å². The smallest absolute Gasteiger partial charge is 0.251 e. The summed E-state index contributed by atoms with van der Waals surface area (Å²) in [7, 11) is 0. The van der Waals surface area contributed by atoms with E-state index in [1.165, 1.54) is 18.2 Å². The van der Waals surface area contributed by atoms with Crippen LogP contribution in [-0.4, -0.2) is 17.1 Å². The molecule has 0 saturated carbocycles. The first-order valence-electron chi connectivity index (χ1n) is 6.58. The monoisotopic (exact) mass is 349 g/mol. The molecule has 1 aliphatic rings. The van der Waals surface area contributed by atoms with E-state index in [1.54, 1.807) is 0 Å². The molecule has 2 aromatic carbocycles. The number of nitrogens with one attached hydrogen (secondary N) is 1. The second-order valence-corrected chi connectivity index (χ2v) is 5.90. The zero-order valence-electron chi connectivity index (χ0n) is 11.0. The lowest BCUT2D eigenvalue weighted by molar-refractivity contribution is 0.0858. The van der Waals surface area contributed by atoms with Crippen LogP contribution >= 0.6 is 15.9 Å². The van der Waals surface area contributed by atoms with Gasteiger partial charge in [0, 0.05) is 12.0 Å². The molecule has 0 heterocycles. The lowest BCUT2D eigenvalue weighted by Gasteiger charge is -2.18. The minimum absolute atomic E-state index is 0.229. The quantitative estimate of drug-likeness (QED) is 0.875. The molecule has 1 amide bonds. The zero-order valence-corrected chi connectivity index (χ0v) is 12.6. The highest BCUT2D eigenvalue weighted by Crippen LogP contribution is 2.31. The molecule has 0 unspecified atom stereocenters. The maximum atomic E-state index is 13.5. The summed E-state index contributed by atoms with van der Waals surface area (Å²) in [6.45, 7) is 0. The van der Waals surface area contributed by atoms with Crippen molar-refractivity contribution in [2.45, 2.75) is 18.6 Å². The zero-order chi connectivity index (χ0) is 15.0. The number of halogens is 2. The number of amides is 1. The highest BCUT2D eigenvalue weighted by molar-refractivity contribution is 9.10. The van der Waals surface area contributed by atoms with Gasteiger partial charge in [-0.05, 0) is 45.3 Å². The van der Waals surface area contributed by atoms with Crippen LogP contribution in [0.5, 0.6) is 0 Å². The molecule has 0 aliphatic heterocycles. The molecule has 0 radical (unpaired) electrons. The van der Waals surface area contributed by atoms with Crippen LogP contribution in [0.1, 0.15) is 27.5 Å². The number of benzene rings is 2.